The number of carbonyl (C=O) groups excluding carboxylic acids is 3. The Morgan fingerprint density at radius 2 is 1.70 bits per heavy atom. The molecule has 5 aliphatic rings. The number of benzene rings is 1. The average Bonchev–Trinajstić information content (AvgIpc) is 3.37. The molecule has 1 amide bonds. The van der Waals surface area contributed by atoms with Crippen LogP contribution in [-0.4, -0.2) is 28.7 Å². The first-order valence-corrected chi connectivity index (χ1v) is 18.9. The van der Waals surface area contributed by atoms with Gasteiger partial charge < -0.3 is 10.1 Å². The van der Waals surface area contributed by atoms with Gasteiger partial charge in [-0.2, -0.15) is 0 Å². The molecule has 0 aliphatic heterocycles. The van der Waals surface area contributed by atoms with Crippen molar-refractivity contribution in [2.75, 3.05) is 5.32 Å². The molecule has 0 spiro atoms. The van der Waals surface area contributed by atoms with E-state index in [1.165, 1.54) is 23.8 Å². The van der Waals surface area contributed by atoms with Gasteiger partial charge in [-0.3, -0.25) is 14.4 Å². The minimum Gasteiger partial charge on any atom is -0.462 e. The third-order valence-corrected chi connectivity index (χ3v) is 16.1. The Balaban J connectivity index is 1.21. The van der Waals surface area contributed by atoms with Crippen LogP contribution < -0.4 is 5.32 Å². The van der Waals surface area contributed by atoms with E-state index in [0.717, 1.165) is 68.0 Å². The number of nitrogens with zero attached hydrogens (tertiary/aromatic N) is 1. The number of carbonyl (C=O) groups is 3. The zero-order valence-corrected chi connectivity index (χ0v) is 30.9. The van der Waals surface area contributed by atoms with Crippen molar-refractivity contribution in [1.29, 1.82) is 0 Å². The predicted octanol–water partition coefficient (Wildman–Crippen LogP) is 9.80. The number of amides is 1. The van der Waals surface area contributed by atoms with E-state index in [0.29, 0.717) is 16.1 Å². The molecule has 1 aromatic carbocycles. The Bertz CT molecular complexity index is 1720. The van der Waals surface area contributed by atoms with Gasteiger partial charge in [0.25, 0.3) is 0 Å². The van der Waals surface area contributed by atoms with Crippen LogP contribution in [0.5, 0.6) is 0 Å². The van der Waals surface area contributed by atoms with Crippen molar-refractivity contribution < 1.29 is 19.1 Å². The summed E-state index contributed by atoms with van der Waals surface area (Å²) in [6.45, 7) is 17.8. The summed E-state index contributed by atoms with van der Waals surface area (Å²) in [5.74, 6) is 0.470. The van der Waals surface area contributed by atoms with Crippen LogP contribution in [0.1, 0.15) is 113 Å². The second-order valence-electron chi connectivity index (χ2n) is 17.8. The summed E-state index contributed by atoms with van der Waals surface area (Å²) in [6, 6.07) is 5.60. The summed E-state index contributed by atoms with van der Waals surface area (Å²) in [5, 5.41) is 4.44. The number of aromatic nitrogens is 1. The summed E-state index contributed by atoms with van der Waals surface area (Å²) >= 11 is 7.66. The molecule has 2 aromatic rings. The molecule has 8 heteroatoms. The normalized spacial score (nSPS) is 42.3. The number of ketones is 1. The molecule has 1 heterocycles. The topological polar surface area (TPSA) is 85.4 Å². The van der Waals surface area contributed by atoms with Crippen LogP contribution in [0.4, 0.5) is 5.13 Å². The van der Waals surface area contributed by atoms with Gasteiger partial charge in [-0.1, -0.05) is 77.0 Å². The summed E-state index contributed by atoms with van der Waals surface area (Å²) in [6.07, 6.45) is 10.4. The fourth-order valence-electron chi connectivity index (χ4n) is 12.0. The highest BCUT2D eigenvalue weighted by Gasteiger charge is 2.70. The number of nitrogens with one attached hydrogen (secondary N) is 1. The second-order valence-corrected chi connectivity index (χ2v) is 19.3. The minimum atomic E-state index is -0.567. The molecule has 0 bridgehead atoms. The lowest BCUT2D eigenvalue weighted by atomic mass is 9.33. The van der Waals surface area contributed by atoms with Crippen LogP contribution in [0.25, 0.3) is 10.2 Å². The Morgan fingerprint density at radius 1 is 0.979 bits per heavy atom. The van der Waals surface area contributed by atoms with Crippen LogP contribution in [-0.2, 0) is 19.1 Å². The Hall–Kier alpha value is -2.25. The highest BCUT2D eigenvalue weighted by Crippen LogP contribution is 2.75. The van der Waals surface area contributed by atoms with Crippen LogP contribution in [0.15, 0.2) is 29.8 Å². The lowest BCUT2D eigenvalue weighted by Crippen LogP contribution is -2.66. The molecule has 1 aromatic heterocycles. The summed E-state index contributed by atoms with van der Waals surface area (Å²) in [7, 11) is 0. The standard InChI is InChI=1S/C39H51ClN2O4S/c1-22(43)46-30-12-13-37(6)29(34(30,2)3)11-14-39(8)31(37)27(44)20-24-25-21-36(5,16-15-35(25,4)17-18-38(24,39)7)32(45)42-33-41-26-10-9-23(40)19-28(26)47-33/h9-10,19-20,25,29-31H,11-18,21H2,1-8H3,(H,41,42,45)/t25-,29-,30-,31+,35+,36-,37-,38+,39+/m0/s1. The van der Waals surface area contributed by atoms with E-state index >= 15 is 0 Å². The highest BCUT2D eigenvalue weighted by molar-refractivity contribution is 7.22. The van der Waals surface area contributed by atoms with E-state index in [2.05, 4.69) is 64.8 Å². The minimum absolute atomic E-state index is 0.0172. The van der Waals surface area contributed by atoms with Crippen molar-refractivity contribution in [2.45, 2.75) is 119 Å². The fraction of sp³-hybridized carbons (Fsp3) is 0.692. The summed E-state index contributed by atoms with van der Waals surface area (Å²) in [5.41, 5.74) is 0.959. The van der Waals surface area contributed by atoms with Crippen molar-refractivity contribution in [3.05, 3.63) is 34.9 Å². The maximum Gasteiger partial charge on any atom is 0.302 e. The first-order chi connectivity index (χ1) is 21.9. The number of fused-ring (bicyclic) bond motifs is 8. The zero-order chi connectivity index (χ0) is 33.9. The molecule has 0 radical (unpaired) electrons. The predicted molar refractivity (Wildman–Crippen MR) is 188 cm³/mol. The van der Waals surface area contributed by atoms with Crippen molar-refractivity contribution >= 4 is 55.9 Å². The molecule has 0 saturated heterocycles. The molecule has 9 atom stereocenters. The molecule has 0 unspecified atom stereocenters. The highest BCUT2D eigenvalue weighted by atomic mass is 35.5. The Morgan fingerprint density at radius 3 is 2.43 bits per heavy atom. The number of esters is 1. The number of hydrogen-bond donors (Lipinski definition) is 1. The van der Waals surface area contributed by atoms with Crippen LogP contribution in [0.2, 0.25) is 5.02 Å². The SMILES string of the molecule is CC(=O)O[C@H]1CC[C@]2(C)[C@H]3C(=O)C=C4[C@@H]5C[C@@](C)(C(=O)Nc6nc7ccc(Cl)cc7s6)CC[C@]5(C)CC[C@@]4(C)[C@]3(C)CC[C@H]2C1(C)C. The van der Waals surface area contributed by atoms with Gasteiger partial charge in [0.05, 0.1) is 10.2 Å². The van der Waals surface area contributed by atoms with Crippen molar-refractivity contribution in [2.24, 2.45) is 50.2 Å². The monoisotopic (exact) mass is 678 g/mol. The maximum atomic E-state index is 14.7. The molecule has 5 aliphatic carbocycles. The van der Waals surface area contributed by atoms with Crippen molar-refractivity contribution in [3.63, 3.8) is 0 Å². The van der Waals surface area contributed by atoms with Crippen molar-refractivity contribution in [1.82, 2.24) is 4.98 Å². The van der Waals surface area contributed by atoms with Crippen LogP contribution in [0.3, 0.4) is 0 Å². The Kier molecular flexibility index (Phi) is 7.52. The number of hydrogen-bond acceptors (Lipinski definition) is 6. The van der Waals surface area contributed by atoms with Gasteiger partial charge >= 0.3 is 5.97 Å². The molecular weight excluding hydrogens is 628 g/mol. The lowest BCUT2D eigenvalue weighted by Gasteiger charge is -2.70. The molecular formula is C39H51ClN2O4S. The first kappa shape index (κ1) is 33.3. The molecule has 4 fully saturated rings. The van der Waals surface area contributed by atoms with E-state index < -0.39 is 5.41 Å². The van der Waals surface area contributed by atoms with Gasteiger partial charge in [-0.25, -0.2) is 4.98 Å². The van der Waals surface area contributed by atoms with E-state index in [1.54, 1.807) is 0 Å². The zero-order valence-electron chi connectivity index (χ0n) is 29.3. The number of anilines is 1. The van der Waals surface area contributed by atoms with Gasteiger partial charge in [0.1, 0.15) is 6.10 Å². The average molecular weight is 679 g/mol. The molecule has 7 rings (SSSR count). The van der Waals surface area contributed by atoms with Crippen LogP contribution in [0, 0.1) is 50.2 Å². The third kappa shape index (κ3) is 4.75. The summed E-state index contributed by atoms with van der Waals surface area (Å²) < 4.78 is 6.84. The lowest BCUT2D eigenvalue weighted by molar-refractivity contribution is -0.210. The van der Waals surface area contributed by atoms with Gasteiger partial charge in [-0.15, -0.1) is 0 Å². The second kappa shape index (κ2) is 10.6. The quantitative estimate of drug-likeness (QED) is 0.327. The van der Waals surface area contributed by atoms with Crippen molar-refractivity contribution in [3.8, 4) is 0 Å². The number of thiazole rings is 1. The fourth-order valence-corrected chi connectivity index (χ4v) is 13.1. The molecule has 1 N–H and O–H groups in total. The third-order valence-electron chi connectivity index (χ3n) is 14.9. The smallest absolute Gasteiger partial charge is 0.302 e. The number of rotatable bonds is 3. The van der Waals surface area contributed by atoms with E-state index in [4.69, 9.17) is 16.3 Å². The Labute approximate surface area is 288 Å². The van der Waals surface area contributed by atoms with Gasteiger partial charge in [0, 0.05) is 28.7 Å². The van der Waals surface area contributed by atoms with Gasteiger partial charge in [0.15, 0.2) is 10.9 Å². The number of ether oxygens (including phenoxy) is 1. The maximum absolute atomic E-state index is 14.7. The first-order valence-electron chi connectivity index (χ1n) is 17.7. The summed E-state index contributed by atoms with van der Waals surface area (Å²) in [4.78, 5) is 45.5. The molecule has 6 nitrogen and oxygen atoms in total. The van der Waals surface area contributed by atoms with Crippen LogP contribution >= 0.6 is 22.9 Å². The molecule has 4 saturated carbocycles. The molecule has 47 heavy (non-hydrogen) atoms. The van der Waals surface area contributed by atoms with Gasteiger partial charge in [-0.05, 0) is 116 Å². The van der Waals surface area contributed by atoms with Gasteiger partial charge in [0.2, 0.25) is 5.91 Å². The van der Waals surface area contributed by atoms with E-state index in [1.807, 2.05) is 18.2 Å². The number of allylic oxidation sites excluding steroid dienone is 2. The number of halogens is 1. The largest absolute Gasteiger partial charge is 0.462 e. The molecule has 254 valence electrons. The van der Waals surface area contributed by atoms with E-state index in [9.17, 15) is 14.4 Å². The van der Waals surface area contributed by atoms with E-state index in [-0.39, 0.29) is 62.7 Å².